The Balaban J connectivity index is 2.20. The smallest absolute Gasteiger partial charge is 0.307 e. The largest absolute Gasteiger partial charge is 0.466 e. The Morgan fingerprint density at radius 3 is 2.82 bits per heavy atom. The Kier molecular flexibility index (Phi) is 5.03. The Bertz CT molecular complexity index is 711. The maximum absolute atomic E-state index is 12.6. The van der Waals surface area contributed by atoms with E-state index in [2.05, 4.69) is 4.98 Å². The van der Waals surface area contributed by atoms with Crippen molar-refractivity contribution in [2.45, 2.75) is 20.3 Å². The number of imidazole rings is 1. The summed E-state index contributed by atoms with van der Waals surface area (Å²) in [5.41, 5.74) is 1.73. The number of amides is 1. The summed E-state index contributed by atoms with van der Waals surface area (Å²) in [6, 6.07) is 3.48. The number of hydrogen-bond acceptors (Lipinski definition) is 4. The van der Waals surface area contributed by atoms with Gasteiger partial charge in [-0.2, -0.15) is 0 Å². The fourth-order valence-electron chi connectivity index (χ4n) is 2.17. The molecule has 2 aromatic rings. The molecule has 0 N–H and O–H groups in total. The number of pyridine rings is 1. The van der Waals surface area contributed by atoms with Gasteiger partial charge in [0.2, 0.25) is 0 Å². The molecule has 2 aromatic heterocycles. The van der Waals surface area contributed by atoms with E-state index in [0.29, 0.717) is 28.7 Å². The number of aromatic nitrogens is 2. The van der Waals surface area contributed by atoms with Crippen molar-refractivity contribution in [3.8, 4) is 0 Å². The van der Waals surface area contributed by atoms with Gasteiger partial charge < -0.3 is 9.64 Å². The van der Waals surface area contributed by atoms with Crippen LogP contribution in [0.5, 0.6) is 0 Å². The zero-order valence-electron chi connectivity index (χ0n) is 12.8. The molecule has 0 aliphatic rings. The van der Waals surface area contributed by atoms with Crippen LogP contribution < -0.4 is 0 Å². The van der Waals surface area contributed by atoms with Gasteiger partial charge in [-0.3, -0.25) is 14.0 Å². The van der Waals surface area contributed by atoms with E-state index in [0.717, 1.165) is 0 Å². The number of halogens is 1. The minimum atomic E-state index is -0.319. The topological polar surface area (TPSA) is 63.9 Å². The molecule has 2 heterocycles. The molecule has 0 aliphatic carbocycles. The summed E-state index contributed by atoms with van der Waals surface area (Å²) in [6.45, 7) is 4.14. The van der Waals surface area contributed by atoms with E-state index in [9.17, 15) is 9.59 Å². The van der Waals surface area contributed by atoms with E-state index in [1.165, 1.54) is 4.90 Å². The van der Waals surface area contributed by atoms with E-state index in [-0.39, 0.29) is 24.8 Å². The van der Waals surface area contributed by atoms with Gasteiger partial charge in [-0.1, -0.05) is 11.6 Å². The maximum Gasteiger partial charge on any atom is 0.307 e. The normalized spacial score (nSPS) is 10.7. The van der Waals surface area contributed by atoms with E-state index in [4.69, 9.17) is 16.3 Å². The SMILES string of the molecule is CCOC(=O)CCN(C)C(=O)c1c(C)nc2ccc(Cl)cn12. The zero-order valence-corrected chi connectivity index (χ0v) is 13.6. The molecule has 0 aliphatic heterocycles. The van der Waals surface area contributed by atoms with Gasteiger partial charge in [0.15, 0.2) is 0 Å². The summed E-state index contributed by atoms with van der Waals surface area (Å²) >= 11 is 5.99. The predicted octanol–water partition coefficient (Wildman–Crippen LogP) is 2.32. The number of ether oxygens (including phenoxy) is 1. The lowest BCUT2D eigenvalue weighted by atomic mass is 10.3. The van der Waals surface area contributed by atoms with Gasteiger partial charge in [-0.05, 0) is 26.0 Å². The average Bonchev–Trinajstić information content (AvgIpc) is 2.79. The summed E-state index contributed by atoms with van der Waals surface area (Å²) < 4.78 is 6.53. The third-order valence-corrected chi connectivity index (χ3v) is 3.49. The molecule has 0 saturated carbocycles. The van der Waals surface area contributed by atoms with Crippen LogP contribution in [0.1, 0.15) is 29.5 Å². The molecule has 0 fully saturated rings. The standard InChI is InChI=1S/C15H18ClN3O3/c1-4-22-13(20)7-8-18(3)15(21)14-10(2)17-12-6-5-11(16)9-19(12)14/h5-6,9H,4,7-8H2,1-3H3. The zero-order chi connectivity index (χ0) is 16.3. The second kappa shape index (κ2) is 6.79. The van der Waals surface area contributed by atoms with Gasteiger partial charge in [0, 0.05) is 19.8 Å². The molecule has 7 heteroatoms. The van der Waals surface area contributed by atoms with Crippen LogP contribution >= 0.6 is 11.6 Å². The van der Waals surface area contributed by atoms with Gasteiger partial charge in [0.05, 0.1) is 23.7 Å². The molecule has 1 amide bonds. The van der Waals surface area contributed by atoms with Crippen LogP contribution in [-0.4, -0.2) is 46.4 Å². The molecule has 0 atom stereocenters. The first kappa shape index (κ1) is 16.3. The Hall–Kier alpha value is -2.08. The Morgan fingerprint density at radius 2 is 2.14 bits per heavy atom. The molecular formula is C15H18ClN3O3. The molecule has 0 saturated heterocycles. The first-order valence-electron chi connectivity index (χ1n) is 6.99. The molecule has 0 unspecified atom stereocenters. The highest BCUT2D eigenvalue weighted by atomic mass is 35.5. The van der Waals surface area contributed by atoms with Gasteiger partial charge >= 0.3 is 5.97 Å². The number of esters is 1. The van der Waals surface area contributed by atoms with E-state index < -0.39 is 0 Å². The van der Waals surface area contributed by atoms with Crippen LogP contribution in [0.4, 0.5) is 0 Å². The molecule has 118 valence electrons. The number of carbonyl (C=O) groups is 2. The van der Waals surface area contributed by atoms with Gasteiger partial charge in [0.1, 0.15) is 11.3 Å². The third-order valence-electron chi connectivity index (χ3n) is 3.26. The summed E-state index contributed by atoms with van der Waals surface area (Å²) in [7, 11) is 1.64. The van der Waals surface area contributed by atoms with Crippen molar-refractivity contribution in [3.63, 3.8) is 0 Å². The molecule has 0 radical (unpaired) electrons. The van der Waals surface area contributed by atoms with Crippen molar-refractivity contribution in [2.24, 2.45) is 0 Å². The minimum absolute atomic E-state index is 0.159. The summed E-state index contributed by atoms with van der Waals surface area (Å²) in [6.07, 6.45) is 1.82. The highest BCUT2D eigenvalue weighted by Crippen LogP contribution is 2.17. The Labute approximate surface area is 133 Å². The maximum atomic E-state index is 12.6. The first-order chi connectivity index (χ1) is 10.4. The minimum Gasteiger partial charge on any atom is -0.466 e. The van der Waals surface area contributed by atoms with Crippen LogP contribution in [0.25, 0.3) is 5.65 Å². The number of aryl methyl sites for hydroxylation is 1. The molecule has 6 nitrogen and oxygen atoms in total. The van der Waals surface area contributed by atoms with Gasteiger partial charge in [-0.25, -0.2) is 4.98 Å². The van der Waals surface area contributed by atoms with Crippen molar-refractivity contribution < 1.29 is 14.3 Å². The number of hydrogen-bond donors (Lipinski definition) is 0. The van der Waals surface area contributed by atoms with Crippen molar-refractivity contribution in [2.75, 3.05) is 20.2 Å². The highest BCUT2D eigenvalue weighted by Gasteiger charge is 2.20. The van der Waals surface area contributed by atoms with Gasteiger partial charge in [-0.15, -0.1) is 0 Å². The van der Waals surface area contributed by atoms with Crippen molar-refractivity contribution in [3.05, 3.63) is 34.7 Å². The molecule has 22 heavy (non-hydrogen) atoms. The van der Waals surface area contributed by atoms with Crippen LogP contribution in [0.2, 0.25) is 5.02 Å². The van der Waals surface area contributed by atoms with E-state index in [1.54, 1.807) is 43.6 Å². The lowest BCUT2D eigenvalue weighted by Crippen LogP contribution is -2.30. The lowest BCUT2D eigenvalue weighted by Gasteiger charge is -2.16. The predicted molar refractivity (Wildman–Crippen MR) is 83.1 cm³/mol. The monoisotopic (exact) mass is 323 g/mol. The van der Waals surface area contributed by atoms with E-state index >= 15 is 0 Å². The van der Waals surface area contributed by atoms with Crippen LogP contribution in [-0.2, 0) is 9.53 Å². The second-order valence-electron chi connectivity index (χ2n) is 4.90. The van der Waals surface area contributed by atoms with Crippen LogP contribution in [0.15, 0.2) is 18.3 Å². The number of carbonyl (C=O) groups excluding carboxylic acids is 2. The molecular weight excluding hydrogens is 306 g/mol. The quantitative estimate of drug-likeness (QED) is 0.792. The second-order valence-corrected chi connectivity index (χ2v) is 5.34. The fourth-order valence-corrected chi connectivity index (χ4v) is 2.33. The molecule has 0 bridgehead atoms. The number of nitrogens with zero attached hydrogens (tertiary/aromatic N) is 3. The van der Waals surface area contributed by atoms with Crippen molar-refractivity contribution in [1.82, 2.24) is 14.3 Å². The molecule has 2 rings (SSSR count). The fraction of sp³-hybridized carbons (Fsp3) is 0.400. The average molecular weight is 324 g/mol. The number of fused-ring (bicyclic) bond motifs is 1. The Morgan fingerprint density at radius 1 is 1.41 bits per heavy atom. The highest BCUT2D eigenvalue weighted by molar-refractivity contribution is 6.30. The van der Waals surface area contributed by atoms with E-state index in [1.807, 2.05) is 0 Å². The lowest BCUT2D eigenvalue weighted by molar-refractivity contribution is -0.143. The molecule has 0 aromatic carbocycles. The number of rotatable bonds is 5. The van der Waals surface area contributed by atoms with Crippen molar-refractivity contribution in [1.29, 1.82) is 0 Å². The van der Waals surface area contributed by atoms with Crippen LogP contribution in [0.3, 0.4) is 0 Å². The molecule has 0 spiro atoms. The van der Waals surface area contributed by atoms with Gasteiger partial charge in [0.25, 0.3) is 5.91 Å². The van der Waals surface area contributed by atoms with Crippen LogP contribution in [0, 0.1) is 6.92 Å². The first-order valence-corrected chi connectivity index (χ1v) is 7.37. The van der Waals surface area contributed by atoms with Crippen molar-refractivity contribution >= 4 is 29.1 Å². The third kappa shape index (κ3) is 3.39. The summed E-state index contributed by atoms with van der Waals surface area (Å²) in [5, 5.41) is 0.521. The summed E-state index contributed by atoms with van der Waals surface area (Å²) in [5.74, 6) is -0.531. The summed E-state index contributed by atoms with van der Waals surface area (Å²) in [4.78, 5) is 29.8.